The van der Waals surface area contributed by atoms with Gasteiger partial charge in [-0.05, 0) is 42.7 Å². The van der Waals surface area contributed by atoms with Crippen molar-refractivity contribution in [1.82, 2.24) is 9.78 Å². The van der Waals surface area contributed by atoms with Crippen LogP contribution in [0.25, 0.3) is 5.69 Å². The molecule has 4 nitrogen and oxygen atoms in total. The highest BCUT2D eigenvalue weighted by Gasteiger charge is 2.36. The second-order valence-electron chi connectivity index (χ2n) is 5.46. The Morgan fingerprint density at radius 3 is 2.19 bits per heavy atom. The van der Waals surface area contributed by atoms with Gasteiger partial charge < -0.3 is 0 Å². The number of benzene rings is 1. The normalized spacial score (nSPS) is 16.0. The van der Waals surface area contributed by atoms with Gasteiger partial charge in [0, 0.05) is 19.0 Å². The van der Waals surface area contributed by atoms with Crippen LogP contribution in [-0.2, 0) is 9.59 Å². The summed E-state index contributed by atoms with van der Waals surface area (Å²) in [5.74, 6) is -0.526. The molecule has 0 unspecified atom stereocenters. The topological polar surface area (TPSA) is 52.0 Å². The molecule has 0 N–H and O–H groups in total. The second kappa shape index (κ2) is 5.11. The van der Waals surface area contributed by atoms with E-state index in [-0.39, 0.29) is 11.6 Å². The Hall–Kier alpha value is -1.94. The average molecular weight is 303 g/mol. The summed E-state index contributed by atoms with van der Waals surface area (Å²) in [5.41, 5.74) is 3.60. The lowest BCUT2D eigenvalue weighted by Gasteiger charge is -2.16. The van der Waals surface area contributed by atoms with Gasteiger partial charge in [-0.1, -0.05) is 11.6 Å². The fraction of sp³-hybridized carbons (Fsp3) is 0.312. The lowest BCUT2D eigenvalue weighted by molar-refractivity contribution is -0.123. The number of aromatic nitrogens is 2. The van der Waals surface area contributed by atoms with E-state index in [4.69, 9.17) is 11.6 Å². The SMILES string of the molecule is Cc1cc(-n2cc(Cl)cn2)cc(C)c1C1C(=O)CCC1=O. The first kappa shape index (κ1) is 14.0. The minimum atomic E-state index is -0.583. The van der Waals surface area contributed by atoms with Crippen molar-refractivity contribution in [3.05, 3.63) is 46.2 Å². The summed E-state index contributed by atoms with van der Waals surface area (Å²) in [6.45, 7) is 3.85. The van der Waals surface area contributed by atoms with E-state index in [1.54, 1.807) is 17.1 Å². The number of Topliss-reactive ketones (excluding diaryl/α,β-unsaturated/α-hetero) is 2. The van der Waals surface area contributed by atoms with Crippen molar-refractivity contribution < 1.29 is 9.59 Å². The van der Waals surface area contributed by atoms with Gasteiger partial charge >= 0.3 is 0 Å². The number of carbonyl (C=O) groups excluding carboxylic acids is 2. The van der Waals surface area contributed by atoms with Crippen LogP contribution in [0.1, 0.15) is 35.4 Å². The number of rotatable bonds is 2. The standard InChI is InChI=1S/C16H15ClN2O2/c1-9-5-12(19-8-11(17)7-18-19)6-10(2)15(9)16-13(20)3-4-14(16)21/h5-8,16H,3-4H2,1-2H3. The Morgan fingerprint density at radius 2 is 1.71 bits per heavy atom. The van der Waals surface area contributed by atoms with E-state index in [0.717, 1.165) is 22.4 Å². The monoisotopic (exact) mass is 302 g/mol. The molecule has 1 aliphatic carbocycles. The van der Waals surface area contributed by atoms with Crippen molar-refractivity contribution in [1.29, 1.82) is 0 Å². The fourth-order valence-corrected chi connectivity index (χ4v) is 3.15. The summed E-state index contributed by atoms with van der Waals surface area (Å²) in [4.78, 5) is 24.0. The van der Waals surface area contributed by atoms with Crippen molar-refractivity contribution in [2.75, 3.05) is 0 Å². The molecule has 1 aromatic heterocycles. The van der Waals surface area contributed by atoms with Crippen molar-refractivity contribution in [3.8, 4) is 5.69 Å². The predicted octanol–water partition coefficient (Wildman–Crippen LogP) is 3.16. The zero-order valence-electron chi connectivity index (χ0n) is 11.9. The first-order chi connectivity index (χ1) is 9.97. The van der Waals surface area contributed by atoms with E-state index in [0.29, 0.717) is 17.9 Å². The van der Waals surface area contributed by atoms with Crippen LogP contribution < -0.4 is 0 Å². The third-order valence-electron chi connectivity index (χ3n) is 3.94. The third kappa shape index (κ3) is 2.40. The van der Waals surface area contributed by atoms with Crippen LogP contribution >= 0.6 is 11.6 Å². The average Bonchev–Trinajstić information content (AvgIpc) is 2.98. The molecule has 5 heteroatoms. The number of carbonyl (C=O) groups is 2. The van der Waals surface area contributed by atoms with Crippen molar-refractivity contribution in [2.24, 2.45) is 0 Å². The Bertz CT molecular complexity index is 709. The summed E-state index contributed by atoms with van der Waals surface area (Å²) in [7, 11) is 0. The van der Waals surface area contributed by atoms with Gasteiger partial charge in [-0.3, -0.25) is 9.59 Å². The molecule has 108 valence electrons. The van der Waals surface area contributed by atoms with Gasteiger partial charge in [-0.25, -0.2) is 4.68 Å². The van der Waals surface area contributed by atoms with Crippen LogP contribution in [0.5, 0.6) is 0 Å². The molecular formula is C16H15ClN2O2. The molecule has 0 radical (unpaired) electrons. The van der Waals surface area contributed by atoms with E-state index < -0.39 is 5.92 Å². The van der Waals surface area contributed by atoms with Crippen LogP contribution in [0.4, 0.5) is 0 Å². The number of hydrogen-bond acceptors (Lipinski definition) is 3. The number of ketones is 2. The summed E-state index contributed by atoms with van der Waals surface area (Å²) in [5, 5.41) is 4.74. The molecule has 0 amide bonds. The molecule has 0 spiro atoms. The Labute approximate surface area is 127 Å². The van der Waals surface area contributed by atoms with Crippen LogP contribution in [-0.4, -0.2) is 21.3 Å². The summed E-state index contributed by atoms with van der Waals surface area (Å²) in [6.07, 6.45) is 4.02. The highest BCUT2D eigenvalue weighted by atomic mass is 35.5. The molecule has 1 aromatic carbocycles. The molecule has 0 aliphatic heterocycles. The van der Waals surface area contributed by atoms with Crippen molar-refractivity contribution >= 4 is 23.2 Å². The summed E-state index contributed by atoms with van der Waals surface area (Å²) >= 11 is 5.89. The van der Waals surface area contributed by atoms with Crippen LogP contribution in [0.3, 0.4) is 0 Å². The van der Waals surface area contributed by atoms with Crippen LogP contribution in [0.2, 0.25) is 5.02 Å². The Kier molecular flexibility index (Phi) is 3.41. The third-order valence-corrected chi connectivity index (χ3v) is 4.14. The van der Waals surface area contributed by atoms with Gasteiger partial charge in [0.1, 0.15) is 17.5 Å². The van der Waals surface area contributed by atoms with Gasteiger partial charge in [0.25, 0.3) is 0 Å². The lowest BCUT2D eigenvalue weighted by atomic mass is 9.88. The van der Waals surface area contributed by atoms with Crippen LogP contribution in [0, 0.1) is 13.8 Å². The van der Waals surface area contributed by atoms with Gasteiger partial charge in [-0.15, -0.1) is 0 Å². The maximum Gasteiger partial charge on any atom is 0.148 e. The summed E-state index contributed by atoms with van der Waals surface area (Å²) < 4.78 is 1.68. The molecule has 21 heavy (non-hydrogen) atoms. The first-order valence-electron chi connectivity index (χ1n) is 6.84. The van der Waals surface area contributed by atoms with E-state index in [2.05, 4.69) is 5.10 Å². The molecule has 0 bridgehead atoms. The van der Waals surface area contributed by atoms with E-state index >= 15 is 0 Å². The molecule has 1 heterocycles. The quantitative estimate of drug-likeness (QED) is 0.801. The summed E-state index contributed by atoms with van der Waals surface area (Å²) in [6, 6.07) is 3.87. The van der Waals surface area contributed by atoms with E-state index in [1.165, 1.54) is 0 Å². The van der Waals surface area contributed by atoms with Gasteiger partial charge in [0.15, 0.2) is 0 Å². The maximum absolute atomic E-state index is 12.0. The number of halogens is 1. The molecule has 1 fully saturated rings. The first-order valence-corrected chi connectivity index (χ1v) is 7.22. The minimum Gasteiger partial charge on any atom is -0.299 e. The van der Waals surface area contributed by atoms with Gasteiger partial charge in [0.05, 0.1) is 16.9 Å². The Morgan fingerprint density at radius 1 is 1.14 bits per heavy atom. The molecule has 0 atom stereocenters. The zero-order chi connectivity index (χ0) is 15.1. The smallest absolute Gasteiger partial charge is 0.148 e. The second-order valence-corrected chi connectivity index (χ2v) is 5.90. The molecular weight excluding hydrogens is 288 g/mol. The largest absolute Gasteiger partial charge is 0.299 e. The highest BCUT2D eigenvalue weighted by molar-refractivity contribution is 6.30. The van der Waals surface area contributed by atoms with Crippen molar-refractivity contribution in [2.45, 2.75) is 32.6 Å². The molecule has 2 aromatic rings. The Balaban J connectivity index is 2.08. The fourth-order valence-electron chi connectivity index (χ4n) is 3.02. The maximum atomic E-state index is 12.0. The zero-order valence-corrected chi connectivity index (χ0v) is 12.6. The predicted molar refractivity (Wildman–Crippen MR) is 80.0 cm³/mol. The lowest BCUT2D eigenvalue weighted by Crippen LogP contribution is -2.15. The van der Waals surface area contributed by atoms with Crippen LogP contribution in [0.15, 0.2) is 24.5 Å². The van der Waals surface area contributed by atoms with Gasteiger partial charge in [-0.2, -0.15) is 5.10 Å². The number of hydrogen-bond donors (Lipinski definition) is 0. The molecule has 3 rings (SSSR count). The van der Waals surface area contributed by atoms with E-state index in [9.17, 15) is 9.59 Å². The minimum absolute atomic E-state index is 0.0288. The molecule has 1 aliphatic rings. The van der Waals surface area contributed by atoms with E-state index in [1.807, 2.05) is 26.0 Å². The highest BCUT2D eigenvalue weighted by Crippen LogP contribution is 2.33. The number of aryl methyl sites for hydroxylation is 2. The van der Waals surface area contributed by atoms with Crippen molar-refractivity contribution in [3.63, 3.8) is 0 Å². The molecule has 1 saturated carbocycles. The van der Waals surface area contributed by atoms with Gasteiger partial charge in [0.2, 0.25) is 0 Å². The molecule has 0 saturated heterocycles. The number of nitrogens with zero attached hydrogens (tertiary/aromatic N) is 2.